The van der Waals surface area contributed by atoms with Crippen LogP contribution in [0.4, 0.5) is 8.78 Å². The number of carboxylic acid groups (broad SMARTS) is 1. The first-order chi connectivity index (χ1) is 7.02. The summed E-state index contributed by atoms with van der Waals surface area (Å²) in [6, 6.07) is 2.99. The van der Waals surface area contributed by atoms with Gasteiger partial charge in [0.1, 0.15) is 6.04 Å². The van der Waals surface area contributed by atoms with Crippen molar-refractivity contribution in [3.63, 3.8) is 0 Å². The first-order valence-electron chi connectivity index (χ1n) is 4.41. The van der Waals surface area contributed by atoms with E-state index in [1.54, 1.807) is 0 Å². The van der Waals surface area contributed by atoms with E-state index in [-0.39, 0.29) is 12.1 Å². The van der Waals surface area contributed by atoms with Crippen LogP contribution >= 0.6 is 0 Å². The molecule has 0 aliphatic rings. The standard InChI is InChI=1S/C10H11F2NO2/c1-6(10(14)15)13-5-7-3-2-4-8(11)9(7)12/h2-4,6,13H,5H2,1H3,(H,14,15). The predicted octanol–water partition coefficient (Wildman–Crippen LogP) is 1.53. The van der Waals surface area contributed by atoms with Gasteiger partial charge in [-0.25, -0.2) is 8.78 Å². The molecule has 1 rings (SSSR count). The van der Waals surface area contributed by atoms with Crippen LogP contribution in [-0.4, -0.2) is 17.1 Å². The SMILES string of the molecule is CC(NCc1cccc(F)c1F)C(=O)O. The van der Waals surface area contributed by atoms with E-state index in [0.717, 1.165) is 6.07 Å². The molecule has 1 aromatic carbocycles. The van der Waals surface area contributed by atoms with Crippen LogP contribution in [0.1, 0.15) is 12.5 Å². The number of nitrogens with one attached hydrogen (secondary N) is 1. The van der Waals surface area contributed by atoms with E-state index in [1.165, 1.54) is 19.1 Å². The quantitative estimate of drug-likeness (QED) is 0.800. The van der Waals surface area contributed by atoms with E-state index in [4.69, 9.17) is 5.11 Å². The average molecular weight is 215 g/mol. The van der Waals surface area contributed by atoms with Gasteiger partial charge in [-0.15, -0.1) is 0 Å². The molecule has 2 N–H and O–H groups in total. The summed E-state index contributed by atoms with van der Waals surface area (Å²) in [6.45, 7) is 1.41. The number of aliphatic carboxylic acids is 1. The number of rotatable bonds is 4. The number of hydrogen-bond acceptors (Lipinski definition) is 2. The van der Waals surface area contributed by atoms with Crippen molar-refractivity contribution in [1.29, 1.82) is 0 Å². The minimum atomic E-state index is -1.04. The molecular formula is C10H11F2NO2. The van der Waals surface area contributed by atoms with Crippen LogP contribution in [0, 0.1) is 11.6 Å². The number of benzene rings is 1. The smallest absolute Gasteiger partial charge is 0.320 e. The highest BCUT2D eigenvalue weighted by Crippen LogP contribution is 2.10. The Morgan fingerprint density at radius 2 is 2.20 bits per heavy atom. The van der Waals surface area contributed by atoms with Crippen molar-refractivity contribution in [2.45, 2.75) is 19.5 Å². The molecule has 0 fully saturated rings. The molecule has 0 heterocycles. The zero-order valence-corrected chi connectivity index (χ0v) is 8.13. The predicted molar refractivity (Wildman–Crippen MR) is 50.3 cm³/mol. The lowest BCUT2D eigenvalue weighted by Crippen LogP contribution is -2.33. The van der Waals surface area contributed by atoms with Gasteiger partial charge in [-0.3, -0.25) is 4.79 Å². The molecule has 0 aliphatic carbocycles. The zero-order valence-electron chi connectivity index (χ0n) is 8.13. The third kappa shape index (κ3) is 2.99. The summed E-state index contributed by atoms with van der Waals surface area (Å²) in [5, 5.41) is 11.1. The second-order valence-electron chi connectivity index (χ2n) is 3.15. The van der Waals surface area contributed by atoms with Gasteiger partial charge in [0.15, 0.2) is 11.6 Å². The van der Waals surface area contributed by atoms with Gasteiger partial charge in [0.2, 0.25) is 0 Å². The summed E-state index contributed by atoms with van der Waals surface area (Å²) in [5.41, 5.74) is 0.114. The normalized spacial score (nSPS) is 12.5. The van der Waals surface area contributed by atoms with Crippen LogP contribution in [0.3, 0.4) is 0 Å². The van der Waals surface area contributed by atoms with Crippen LogP contribution in [0.5, 0.6) is 0 Å². The fourth-order valence-electron chi connectivity index (χ4n) is 1.04. The molecule has 0 spiro atoms. The van der Waals surface area contributed by atoms with E-state index >= 15 is 0 Å². The second-order valence-corrected chi connectivity index (χ2v) is 3.15. The molecule has 1 unspecified atom stereocenters. The zero-order chi connectivity index (χ0) is 11.4. The number of halogens is 2. The fraction of sp³-hybridized carbons (Fsp3) is 0.300. The van der Waals surface area contributed by atoms with Crippen molar-refractivity contribution in [3.8, 4) is 0 Å². The molecule has 3 nitrogen and oxygen atoms in total. The van der Waals surface area contributed by atoms with Gasteiger partial charge in [0.05, 0.1) is 0 Å². The lowest BCUT2D eigenvalue weighted by Gasteiger charge is -2.09. The maximum absolute atomic E-state index is 13.1. The van der Waals surface area contributed by atoms with Crippen LogP contribution in [0.2, 0.25) is 0 Å². The van der Waals surface area contributed by atoms with E-state index < -0.39 is 23.6 Å². The molecule has 0 saturated heterocycles. The Balaban J connectivity index is 2.66. The lowest BCUT2D eigenvalue weighted by atomic mass is 10.2. The second kappa shape index (κ2) is 4.84. The van der Waals surface area contributed by atoms with Crippen LogP contribution < -0.4 is 5.32 Å². The van der Waals surface area contributed by atoms with Gasteiger partial charge in [0.25, 0.3) is 0 Å². The first-order valence-corrected chi connectivity index (χ1v) is 4.41. The molecule has 82 valence electrons. The van der Waals surface area contributed by atoms with Gasteiger partial charge in [-0.05, 0) is 13.0 Å². The highest BCUT2D eigenvalue weighted by atomic mass is 19.2. The average Bonchev–Trinajstić information content (AvgIpc) is 2.19. The van der Waals surface area contributed by atoms with Crippen molar-refractivity contribution in [2.24, 2.45) is 0 Å². The van der Waals surface area contributed by atoms with Gasteiger partial charge in [-0.1, -0.05) is 12.1 Å². The molecule has 0 aliphatic heterocycles. The summed E-state index contributed by atoms with van der Waals surface area (Å²) < 4.78 is 25.8. The molecule has 0 radical (unpaired) electrons. The van der Waals surface area contributed by atoms with E-state index in [0.29, 0.717) is 0 Å². The Bertz CT molecular complexity index is 368. The largest absolute Gasteiger partial charge is 0.480 e. The van der Waals surface area contributed by atoms with Gasteiger partial charge < -0.3 is 10.4 Å². The summed E-state index contributed by atoms with van der Waals surface area (Å²) >= 11 is 0. The van der Waals surface area contributed by atoms with Crippen LogP contribution in [0.25, 0.3) is 0 Å². The Labute approximate surface area is 85.7 Å². The van der Waals surface area contributed by atoms with Crippen LogP contribution in [0.15, 0.2) is 18.2 Å². The Kier molecular flexibility index (Phi) is 3.74. The molecule has 0 bridgehead atoms. The van der Waals surface area contributed by atoms with Gasteiger partial charge in [0, 0.05) is 12.1 Å². The minimum Gasteiger partial charge on any atom is -0.480 e. The van der Waals surface area contributed by atoms with Crippen molar-refractivity contribution in [2.75, 3.05) is 0 Å². The van der Waals surface area contributed by atoms with Crippen LogP contribution in [-0.2, 0) is 11.3 Å². The number of carbonyl (C=O) groups is 1. The topological polar surface area (TPSA) is 49.3 Å². The van der Waals surface area contributed by atoms with E-state index in [1.807, 2.05) is 0 Å². The molecule has 0 amide bonds. The van der Waals surface area contributed by atoms with Crippen molar-refractivity contribution in [3.05, 3.63) is 35.4 Å². The summed E-state index contributed by atoms with van der Waals surface area (Å²) in [7, 11) is 0. The number of carboxylic acids is 1. The molecule has 5 heteroatoms. The maximum atomic E-state index is 13.1. The third-order valence-corrected chi connectivity index (χ3v) is 2.00. The molecule has 1 aromatic rings. The van der Waals surface area contributed by atoms with Gasteiger partial charge in [-0.2, -0.15) is 0 Å². The summed E-state index contributed by atoms with van der Waals surface area (Å²) in [5.74, 6) is -2.91. The van der Waals surface area contributed by atoms with Crippen molar-refractivity contribution in [1.82, 2.24) is 5.32 Å². The van der Waals surface area contributed by atoms with E-state index in [9.17, 15) is 13.6 Å². The molecule has 15 heavy (non-hydrogen) atoms. The summed E-state index contributed by atoms with van der Waals surface area (Å²) in [6.07, 6.45) is 0. The molecule has 0 aromatic heterocycles. The highest BCUT2D eigenvalue weighted by Gasteiger charge is 2.12. The van der Waals surface area contributed by atoms with Crippen molar-refractivity contribution >= 4 is 5.97 Å². The Morgan fingerprint density at radius 3 is 2.80 bits per heavy atom. The molecule has 1 atom stereocenters. The van der Waals surface area contributed by atoms with E-state index in [2.05, 4.69) is 5.32 Å². The molecular weight excluding hydrogens is 204 g/mol. The van der Waals surface area contributed by atoms with Crippen molar-refractivity contribution < 1.29 is 18.7 Å². The summed E-state index contributed by atoms with van der Waals surface area (Å²) in [4.78, 5) is 10.4. The lowest BCUT2D eigenvalue weighted by molar-refractivity contribution is -0.139. The Hall–Kier alpha value is -1.49. The Morgan fingerprint density at radius 1 is 1.53 bits per heavy atom. The minimum absolute atomic E-state index is 0.0168. The molecule has 0 saturated carbocycles. The fourth-order valence-corrected chi connectivity index (χ4v) is 1.04. The monoisotopic (exact) mass is 215 g/mol. The van der Waals surface area contributed by atoms with Gasteiger partial charge >= 0.3 is 5.97 Å². The third-order valence-electron chi connectivity index (χ3n) is 2.00. The number of hydrogen-bond donors (Lipinski definition) is 2. The maximum Gasteiger partial charge on any atom is 0.320 e. The highest BCUT2D eigenvalue weighted by molar-refractivity contribution is 5.72. The first kappa shape index (κ1) is 11.6.